The van der Waals surface area contributed by atoms with Crippen LogP contribution < -0.4 is 5.32 Å². The number of rotatable bonds is 4. The zero-order valence-electron chi connectivity index (χ0n) is 12.2. The van der Waals surface area contributed by atoms with E-state index in [4.69, 9.17) is 5.26 Å². The topological polar surface area (TPSA) is 52.9 Å². The third-order valence-corrected chi connectivity index (χ3v) is 3.37. The van der Waals surface area contributed by atoms with Crippen molar-refractivity contribution in [2.75, 3.05) is 0 Å². The second-order valence-corrected chi connectivity index (χ2v) is 5.30. The molecule has 1 N–H and O–H groups in total. The van der Waals surface area contributed by atoms with Crippen molar-refractivity contribution in [2.24, 2.45) is 5.92 Å². The van der Waals surface area contributed by atoms with Crippen LogP contribution in [0.5, 0.6) is 0 Å². The summed E-state index contributed by atoms with van der Waals surface area (Å²) in [6.45, 7) is 4.15. The van der Waals surface area contributed by atoms with E-state index in [0.29, 0.717) is 11.1 Å². The molecule has 0 aliphatic rings. The molecule has 0 aromatic heterocycles. The smallest absolute Gasteiger partial charge is 0.251 e. The molecule has 0 saturated carbocycles. The van der Waals surface area contributed by atoms with Gasteiger partial charge in [-0.1, -0.05) is 50.2 Å². The van der Waals surface area contributed by atoms with Gasteiger partial charge in [-0.05, 0) is 29.7 Å². The van der Waals surface area contributed by atoms with Crippen molar-refractivity contribution in [3.8, 4) is 6.07 Å². The lowest BCUT2D eigenvalue weighted by Gasteiger charge is -2.23. The van der Waals surface area contributed by atoms with Crippen molar-refractivity contribution in [3.63, 3.8) is 0 Å². The van der Waals surface area contributed by atoms with Gasteiger partial charge in [0.2, 0.25) is 0 Å². The lowest BCUT2D eigenvalue weighted by Crippen LogP contribution is -2.31. The molecule has 0 bridgehead atoms. The summed E-state index contributed by atoms with van der Waals surface area (Å²) in [5.41, 5.74) is 2.08. The molecule has 106 valence electrons. The third-order valence-electron chi connectivity index (χ3n) is 3.37. The van der Waals surface area contributed by atoms with Crippen LogP contribution in [0.25, 0.3) is 0 Å². The Balaban J connectivity index is 2.21. The highest BCUT2D eigenvalue weighted by Gasteiger charge is 2.19. The summed E-state index contributed by atoms with van der Waals surface area (Å²) >= 11 is 0. The quantitative estimate of drug-likeness (QED) is 0.927. The van der Waals surface area contributed by atoms with E-state index in [9.17, 15) is 4.79 Å². The Morgan fingerprint density at radius 2 is 1.81 bits per heavy atom. The first-order valence-electron chi connectivity index (χ1n) is 6.98. The summed E-state index contributed by atoms with van der Waals surface area (Å²) < 4.78 is 0. The predicted molar refractivity (Wildman–Crippen MR) is 82.6 cm³/mol. The van der Waals surface area contributed by atoms with Crippen LogP contribution in [0.1, 0.15) is 41.4 Å². The number of nitrogens with zero attached hydrogens (tertiary/aromatic N) is 1. The van der Waals surface area contributed by atoms with Crippen LogP contribution in [0.15, 0.2) is 54.6 Å². The molecule has 0 aliphatic carbocycles. The number of hydrogen-bond donors (Lipinski definition) is 1. The molecule has 3 nitrogen and oxygen atoms in total. The maximum absolute atomic E-state index is 12.4. The van der Waals surface area contributed by atoms with E-state index in [1.165, 1.54) is 0 Å². The first-order chi connectivity index (χ1) is 10.1. The van der Waals surface area contributed by atoms with Gasteiger partial charge in [0.25, 0.3) is 5.91 Å². The van der Waals surface area contributed by atoms with E-state index in [2.05, 4.69) is 19.2 Å². The first kappa shape index (κ1) is 14.8. The van der Waals surface area contributed by atoms with Crippen molar-refractivity contribution in [1.82, 2.24) is 5.32 Å². The molecular formula is C18H18N2O. The normalized spacial score (nSPS) is 11.7. The Hall–Kier alpha value is -2.60. The van der Waals surface area contributed by atoms with Gasteiger partial charge in [0, 0.05) is 5.56 Å². The second kappa shape index (κ2) is 6.71. The highest BCUT2D eigenvalue weighted by molar-refractivity contribution is 5.94. The van der Waals surface area contributed by atoms with Gasteiger partial charge in [0.05, 0.1) is 17.7 Å². The van der Waals surface area contributed by atoms with Gasteiger partial charge in [-0.25, -0.2) is 0 Å². The Kier molecular flexibility index (Phi) is 4.73. The van der Waals surface area contributed by atoms with E-state index in [-0.39, 0.29) is 17.9 Å². The molecule has 0 spiro atoms. The zero-order chi connectivity index (χ0) is 15.2. The SMILES string of the molecule is CC(C)C(NC(=O)c1cccc(C#N)c1)c1ccccc1. The minimum Gasteiger partial charge on any atom is -0.345 e. The average Bonchev–Trinajstić information content (AvgIpc) is 2.53. The molecule has 21 heavy (non-hydrogen) atoms. The average molecular weight is 278 g/mol. The van der Waals surface area contributed by atoms with Crippen molar-refractivity contribution in [2.45, 2.75) is 19.9 Å². The molecule has 1 unspecified atom stereocenters. The molecule has 0 fully saturated rings. The summed E-state index contributed by atoms with van der Waals surface area (Å²) in [7, 11) is 0. The monoisotopic (exact) mass is 278 g/mol. The van der Waals surface area contributed by atoms with Gasteiger partial charge in [-0.15, -0.1) is 0 Å². The Morgan fingerprint density at radius 3 is 2.43 bits per heavy atom. The van der Waals surface area contributed by atoms with Crippen LogP contribution in [0.2, 0.25) is 0 Å². The molecule has 2 aromatic rings. The van der Waals surface area contributed by atoms with Crippen LogP contribution in [-0.2, 0) is 0 Å². The molecule has 1 atom stereocenters. The van der Waals surface area contributed by atoms with Crippen molar-refractivity contribution >= 4 is 5.91 Å². The molecule has 1 amide bonds. The van der Waals surface area contributed by atoms with E-state index < -0.39 is 0 Å². The van der Waals surface area contributed by atoms with E-state index in [0.717, 1.165) is 5.56 Å². The summed E-state index contributed by atoms with van der Waals surface area (Å²) in [5.74, 6) is 0.116. The minimum atomic E-state index is -0.158. The second-order valence-electron chi connectivity index (χ2n) is 5.30. The number of amides is 1. The van der Waals surface area contributed by atoms with Crippen molar-refractivity contribution in [1.29, 1.82) is 5.26 Å². The number of nitriles is 1. The van der Waals surface area contributed by atoms with Crippen LogP contribution >= 0.6 is 0 Å². The fourth-order valence-corrected chi connectivity index (χ4v) is 2.25. The summed E-state index contributed by atoms with van der Waals surface area (Å²) in [5, 5.41) is 12.0. The van der Waals surface area contributed by atoms with Crippen LogP contribution in [0.3, 0.4) is 0 Å². The third kappa shape index (κ3) is 3.70. The lowest BCUT2D eigenvalue weighted by atomic mass is 9.95. The van der Waals surface area contributed by atoms with Gasteiger partial charge in [0.1, 0.15) is 0 Å². The number of hydrogen-bond acceptors (Lipinski definition) is 2. The summed E-state index contributed by atoms with van der Waals surface area (Å²) in [6, 6.07) is 18.6. The largest absolute Gasteiger partial charge is 0.345 e. The zero-order valence-corrected chi connectivity index (χ0v) is 12.2. The number of carbonyl (C=O) groups is 1. The van der Waals surface area contributed by atoms with Gasteiger partial charge in [-0.3, -0.25) is 4.79 Å². The minimum absolute atomic E-state index is 0.0514. The fraction of sp³-hybridized carbons (Fsp3) is 0.222. The maximum Gasteiger partial charge on any atom is 0.251 e. The standard InChI is InChI=1S/C18H18N2O/c1-13(2)17(15-8-4-3-5-9-15)20-18(21)16-10-6-7-14(11-16)12-19/h3-11,13,17H,1-2H3,(H,20,21). The Labute approximate surface area is 125 Å². The van der Waals surface area contributed by atoms with Crippen molar-refractivity contribution in [3.05, 3.63) is 71.3 Å². The highest BCUT2D eigenvalue weighted by atomic mass is 16.1. The van der Waals surface area contributed by atoms with E-state index in [1.807, 2.05) is 36.4 Å². The highest BCUT2D eigenvalue weighted by Crippen LogP contribution is 2.22. The fourth-order valence-electron chi connectivity index (χ4n) is 2.25. The van der Waals surface area contributed by atoms with E-state index >= 15 is 0 Å². The van der Waals surface area contributed by atoms with Crippen molar-refractivity contribution < 1.29 is 4.79 Å². The summed E-state index contributed by atoms with van der Waals surface area (Å²) in [6.07, 6.45) is 0. The van der Waals surface area contributed by atoms with Gasteiger partial charge in [0.15, 0.2) is 0 Å². The number of nitrogens with one attached hydrogen (secondary N) is 1. The molecule has 0 aliphatic heterocycles. The number of benzene rings is 2. The lowest BCUT2D eigenvalue weighted by molar-refractivity contribution is 0.0925. The summed E-state index contributed by atoms with van der Waals surface area (Å²) in [4.78, 5) is 12.4. The van der Waals surface area contributed by atoms with Gasteiger partial charge < -0.3 is 5.32 Å². The molecule has 2 aromatic carbocycles. The Morgan fingerprint density at radius 1 is 1.10 bits per heavy atom. The Bertz CT molecular complexity index is 656. The number of carbonyl (C=O) groups excluding carboxylic acids is 1. The van der Waals surface area contributed by atoms with Crippen LogP contribution in [0, 0.1) is 17.2 Å². The van der Waals surface area contributed by atoms with Crippen LogP contribution in [-0.4, -0.2) is 5.91 Å². The van der Waals surface area contributed by atoms with Gasteiger partial charge >= 0.3 is 0 Å². The predicted octanol–water partition coefficient (Wildman–Crippen LogP) is 3.69. The first-order valence-corrected chi connectivity index (χ1v) is 6.98. The molecule has 0 radical (unpaired) electrons. The van der Waals surface area contributed by atoms with Gasteiger partial charge in [-0.2, -0.15) is 5.26 Å². The molecular weight excluding hydrogens is 260 g/mol. The molecule has 3 heteroatoms. The van der Waals surface area contributed by atoms with E-state index in [1.54, 1.807) is 24.3 Å². The molecule has 0 saturated heterocycles. The maximum atomic E-state index is 12.4. The molecule has 2 rings (SSSR count). The van der Waals surface area contributed by atoms with Crippen LogP contribution in [0.4, 0.5) is 0 Å². The molecule has 0 heterocycles.